The first kappa shape index (κ1) is 12.3. The predicted molar refractivity (Wildman–Crippen MR) is 64.5 cm³/mol. The van der Waals surface area contributed by atoms with E-state index in [1.807, 2.05) is 0 Å². The third-order valence-electron chi connectivity index (χ3n) is 2.79. The van der Waals surface area contributed by atoms with Crippen LogP contribution in [0.4, 0.5) is 0 Å². The van der Waals surface area contributed by atoms with Crippen LogP contribution in [0.3, 0.4) is 0 Å². The molecule has 0 saturated carbocycles. The van der Waals surface area contributed by atoms with Gasteiger partial charge in [-0.1, -0.05) is 38.3 Å². The number of hydrogen-bond donors (Lipinski definition) is 0. The molecule has 0 aliphatic carbocycles. The summed E-state index contributed by atoms with van der Waals surface area (Å²) in [5.74, 6) is 0.730. The Morgan fingerprint density at radius 2 is 1.73 bits per heavy atom. The average Bonchev–Trinajstić information content (AvgIpc) is 2.26. The summed E-state index contributed by atoms with van der Waals surface area (Å²) in [4.78, 5) is 11.8. The molecular weight excluding hydrogens is 208 g/mol. The lowest BCUT2D eigenvalue weighted by Gasteiger charge is -2.10. The maximum Gasteiger partial charge on any atom is 0.163 e. The summed E-state index contributed by atoms with van der Waals surface area (Å²) < 4.78 is 0. The molecule has 1 aromatic carbocycles. The SMILES string of the molecule is CCC(CC)CC(=O)c1ccc(Cl)cc1. The summed E-state index contributed by atoms with van der Waals surface area (Å²) in [5.41, 5.74) is 0.770. The highest BCUT2D eigenvalue weighted by Crippen LogP contribution is 2.17. The lowest BCUT2D eigenvalue weighted by atomic mass is 9.94. The zero-order valence-electron chi connectivity index (χ0n) is 9.29. The smallest absolute Gasteiger partial charge is 0.163 e. The van der Waals surface area contributed by atoms with Crippen molar-refractivity contribution in [3.8, 4) is 0 Å². The van der Waals surface area contributed by atoms with E-state index in [9.17, 15) is 4.79 Å². The molecule has 15 heavy (non-hydrogen) atoms. The van der Waals surface area contributed by atoms with Gasteiger partial charge in [0.25, 0.3) is 0 Å². The minimum Gasteiger partial charge on any atom is -0.294 e. The quantitative estimate of drug-likeness (QED) is 0.680. The molecular formula is C13H17ClO. The lowest BCUT2D eigenvalue weighted by Crippen LogP contribution is -2.07. The molecule has 1 aromatic rings. The number of rotatable bonds is 5. The van der Waals surface area contributed by atoms with Crippen molar-refractivity contribution in [2.45, 2.75) is 33.1 Å². The van der Waals surface area contributed by atoms with E-state index in [0.717, 1.165) is 18.4 Å². The van der Waals surface area contributed by atoms with E-state index in [1.165, 1.54) is 0 Å². The number of halogens is 1. The zero-order chi connectivity index (χ0) is 11.3. The van der Waals surface area contributed by atoms with E-state index in [-0.39, 0.29) is 5.78 Å². The Balaban J connectivity index is 2.64. The molecule has 0 aliphatic heterocycles. The maximum atomic E-state index is 11.8. The molecule has 0 aromatic heterocycles. The fourth-order valence-electron chi connectivity index (χ4n) is 1.59. The molecule has 0 fully saturated rings. The second-order valence-electron chi connectivity index (χ2n) is 3.82. The van der Waals surface area contributed by atoms with Gasteiger partial charge in [-0.05, 0) is 30.2 Å². The van der Waals surface area contributed by atoms with Gasteiger partial charge in [0.2, 0.25) is 0 Å². The van der Waals surface area contributed by atoms with Crippen LogP contribution in [-0.2, 0) is 0 Å². The molecule has 0 radical (unpaired) electrons. The van der Waals surface area contributed by atoms with Crippen molar-refractivity contribution in [3.05, 3.63) is 34.9 Å². The number of benzene rings is 1. The first-order chi connectivity index (χ1) is 7.17. The molecule has 0 spiro atoms. The number of Topliss-reactive ketones (excluding diaryl/α,β-unsaturated/α-hetero) is 1. The van der Waals surface area contributed by atoms with Gasteiger partial charge in [0.1, 0.15) is 0 Å². The highest BCUT2D eigenvalue weighted by atomic mass is 35.5. The van der Waals surface area contributed by atoms with Crippen LogP contribution in [0.2, 0.25) is 5.02 Å². The zero-order valence-corrected chi connectivity index (χ0v) is 10.1. The van der Waals surface area contributed by atoms with Gasteiger partial charge in [-0.2, -0.15) is 0 Å². The highest BCUT2D eigenvalue weighted by Gasteiger charge is 2.11. The first-order valence-electron chi connectivity index (χ1n) is 5.46. The van der Waals surface area contributed by atoms with E-state index in [0.29, 0.717) is 17.4 Å². The van der Waals surface area contributed by atoms with Crippen LogP contribution in [0.1, 0.15) is 43.5 Å². The van der Waals surface area contributed by atoms with Crippen molar-refractivity contribution >= 4 is 17.4 Å². The summed E-state index contributed by atoms with van der Waals surface area (Å²) >= 11 is 5.77. The molecule has 0 amide bonds. The van der Waals surface area contributed by atoms with Crippen molar-refractivity contribution in [2.24, 2.45) is 5.92 Å². The van der Waals surface area contributed by atoms with Crippen LogP contribution >= 0.6 is 11.6 Å². The number of ketones is 1. The monoisotopic (exact) mass is 224 g/mol. The molecule has 2 heteroatoms. The number of hydrogen-bond acceptors (Lipinski definition) is 1. The fourth-order valence-corrected chi connectivity index (χ4v) is 1.72. The van der Waals surface area contributed by atoms with Crippen molar-refractivity contribution in [1.29, 1.82) is 0 Å². The van der Waals surface area contributed by atoms with Crippen LogP contribution in [0.25, 0.3) is 0 Å². The van der Waals surface area contributed by atoms with E-state index < -0.39 is 0 Å². The van der Waals surface area contributed by atoms with Crippen LogP contribution in [0.5, 0.6) is 0 Å². The van der Waals surface area contributed by atoms with Gasteiger partial charge in [-0.15, -0.1) is 0 Å². The Morgan fingerprint density at radius 1 is 1.20 bits per heavy atom. The lowest BCUT2D eigenvalue weighted by molar-refractivity contribution is 0.0959. The molecule has 0 aliphatic rings. The minimum absolute atomic E-state index is 0.223. The van der Waals surface area contributed by atoms with Gasteiger partial charge in [-0.25, -0.2) is 0 Å². The topological polar surface area (TPSA) is 17.1 Å². The Labute approximate surface area is 96.5 Å². The fraction of sp³-hybridized carbons (Fsp3) is 0.462. The summed E-state index contributed by atoms with van der Waals surface area (Å²) in [6.45, 7) is 4.26. The maximum absolute atomic E-state index is 11.8. The van der Waals surface area contributed by atoms with Gasteiger partial charge in [0.15, 0.2) is 5.78 Å². The Bertz CT molecular complexity index is 312. The Kier molecular flexibility index (Phi) is 4.83. The number of carbonyl (C=O) groups excluding carboxylic acids is 1. The molecule has 1 rings (SSSR count). The van der Waals surface area contributed by atoms with Gasteiger partial charge in [0, 0.05) is 17.0 Å². The average molecular weight is 225 g/mol. The van der Waals surface area contributed by atoms with Crippen molar-refractivity contribution in [3.63, 3.8) is 0 Å². The van der Waals surface area contributed by atoms with Crippen LogP contribution < -0.4 is 0 Å². The molecule has 0 saturated heterocycles. The first-order valence-corrected chi connectivity index (χ1v) is 5.83. The number of carbonyl (C=O) groups is 1. The minimum atomic E-state index is 0.223. The summed E-state index contributed by atoms with van der Waals surface area (Å²) in [7, 11) is 0. The second-order valence-corrected chi connectivity index (χ2v) is 4.25. The molecule has 0 N–H and O–H groups in total. The van der Waals surface area contributed by atoms with E-state index >= 15 is 0 Å². The Hall–Kier alpha value is -0.820. The standard InChI is InChI=1S/C13H17ClO/c1-3-10(4-2)9-13(15)11-5-7-12(14)8-6-11/h5-8,10H,3-4,9H2,1-2H3. The second kappa shape index (κ2) is 5.92. The highest BCUT2D eigenvalue weighted by molar-refractivity contribution is 6.30. The Morgan fingerprint density at radius 3 is 2.20 bits per heavy atom. The predicted octanol–water partition coefficient (Wildman–Crippen LogP) is 4.35. The third kappa shape index (κ3) is 3.67. The van der Waals surface area contributed by atoms with E-state index in [4.69, 9.17) is 11.6 Å². The molecule has 0 unspecified atom stereocenters. The third-order valence-corrected chi connectivity index (χ3v) is 3.05. The molecule has 1 nitrogen and oxygen atoms in total. The normalized spacial score (nSPS) is 10.7. The van der Waals surface area contributed by atoms with Gasteiger partial charge < -0.3 is 0 Å². The molecule has 0 bridgehead atoms. The summed E-state index contributed by atoms with van der Waals surface area (Å²) in [6, 6.07) is 7.13. The van der Waals surface area contributed by atoms with Gasteiger partial charge in [-0.3, -0.25) is 4.79 Å². The molecule has 82 valence electrons. The van der Waals surface area contributed by atoms with Gasteiger partial charge in [0.05, 0.1) is 0 Å². The summed E-state index contributed by atoms with van der Waals surface area (Å²) in [6.07, 6.45) is 2.78. The molecule has 0 heterocycles. The van der Waals surface area contributed by atoms with E-state index in [1.54, 1.807) is 24.3 Å². The molecule has 0 atom stereocenters. The van der Waals surface area contributed by atoms with Crippen LogP contribution in [-0.4, -0.2) is 5.78 Å². The van der Waals surface area contributed by atoms with Crippen molar-refractivity contribution in [1.82, 2.24) is 0 Å². The van der Waals surface area contributed by atoms with Crippen LogP contribution in [0.15, 0.2) is 24.3 Å². The van der Waals surface area contributed by atoms with Crippen molar-refractivity contribution < 1.29 is 4.79 Å². The largest absolute Gasteiger partial charge is 0.294 e. The van der Waals surface area contributed by atoms with E-state index in [2.05, 4.69) is 13.8 Å². The summed E-state index contributed by atoms with van der Waals surface area (Å²) in [5, 5.41) is 0.675. The van der Waals surface area contributed by atoms with Crippen LogP contribution in [0, 0.1) is 5.92 Å². The van der Waals surface area contributed by atoms with Gasteiger partial charge >= 0.3 is 0 Å². The van der Waals surface area contributed by atoms with Crippen molar-refractivity contribution in [2.75, 3.05) is 0 Å².